The molecule has 1 aromatic heterocycles. The number of allylic oxidation sites excluding steroid dienone is 2. The standard InChI is InChI=1S/C23H21ClN4OS/c1-14-4-2-5-15(12-14)13-30-23-26-22-25-18-6-3-7-19(29)20(18)21(28(22)27-23)16-8-10-17(24)11-9-16/h2,4-5,8-12,21H,3,6-7,13H2,1H3,(H,25,26,27)/t21-/m1/s1. The fourth-order valence-electron chi connectivity index (χ4n) is 4.10. The van der Waals surface area contributed by atoms with Gasteiger partial charge in [-0.15, -0.1) is 5.10 Å². The molecule has 0 unspecified atom stereocenters. The molecule has 3 aromatic rings. The molecule has 0 saturated carbocycles. The number of Topliss-reactive ketones (excluding diaryl/α,β-unsaturated/α-hetero) is 1. The van der Waals surface area contributed by atoms with E-state index in [4.69, 9.17) is 21.7 Å². The van der Waals surface area contributed by atoms with Gasteiger partial charge in [-0.05, 0) is 43.0 Å². The molecule has 152 valence electrons. The molecule has 1 N–H and O–H groups in total. The van der Waals surface area contributed by atoms with E-state index in [1.807, 2.05) is 28.9 Å². The van der Waals surface area contributed by atoms with Crippen molar-refractivity contribution in [3.8, 4) is 0 Å². The summed E-state index contributed by atoms with van der Waals surface area (Å²) < 4.78 is 1.85. The van der Waals surface area contributed by atoms with Crippen LogP contribution in [0.1, 0.15) is 42.0 Å². The van der Waals surface area contributed by atoms with Gasteiger partial charge in [0.1, 0.15) is 6.04 Å². The summed E-state index contributed by atoms with van der Waals surface area (Å²) in [4.78, 5) is 17.6. The highest BCUT2D eigenvalue weighted by Crippen LogP contribution is 2.40. The van der Waals surface area contributed by atoms with Crippen molar-refractivity contribution in [3.63, 3.8) is 0 Å². The Balaban J connectivity index is 1.50. The summed E-state index contributed by atoms with van der Waals surface area (Å²) in [5, 5.41) is 9.53. The number of fused-ring (bicyclic) bond motifs is 1. The third-order valence-corrected chi connectivity index (χ3v) is 6.65. The summed E-state index contributed by atoms with van der Waals surface area (Å²) in [6.07, 6.45) is 2.29. The largest absolute Gasteiger partial charge is 0.328 e. The Morgan fingerprint density at radius 2 is 2.03 bits per heavy atom. The lowest BCUT2D eigenvalue weighted by Gasteiger charge is -2.32. The molecular weight excluding hydrogens is 416 g/mol. The van der Waals surface area contributed by atoms with Crippen molar-refractivity contribution in [2.75, 3.05) is 5.32 Å². The number of rotatable bonds is 4. The fourth-order valence-corrected chi connectivity index (χ4v) is 5.00. The van der Waals surface area contributed by atoms with Crippen molar-refractivity contribution >= 4 is 35.1 Å². The van der Waals surface area contributed by atoms with Crippen LogP contribution >= 0.6 is 23.4 Å². The zero-order valence-electron chi connectivity index (χ0n) is 16.6. The van der Waals surface area contributed by atoms with E-state index in [2.05, 4.69) is 36.5 Å². The highest BCUT2D eigenvalue weighted by Gasteiger charge is 2.36. The quantitative estimate of drug-likeness (QED) is 0.543. The number of thioether (sulfide) groups is 1. The molecule has 1 atom stereocenters. The van der Waals surface area contributed by atoms with Crippen molar-refractivity contribution in [2.24, 2.45) is 0 Å². The fraction of sp³-hybridized carbons (Fsp3) is 0.261. The highest BCUT2D eigenvalue weighted by atomic mass is 35.5. The molecule has 5 rings (SSSR count). The minimum atomic E-state index is -0.276. The SMILES string of the molecule is Cc1cccc(CSc2nc3n(n2)[C@H](c2ccc(Cl)cc2)C2=C(CCCC2=O)N3)c1. The van der Waals surface area contributed by atoms with E-state index in [0.29, 0.717) is 22.5 Å². The average molecular weight is 437 g/mol. The Morgan fingerprint density at radius 1 is 1.20 bits per heavy atom. The summed E-state index contributed by atoms with van der Waals surface area (Å²) >= 11 is 7.70. The number of halogens is 1. The number of ketones is 1. The van der Waals surface area contributed by atoms with Gasteiger partial charge in [0, 0.05) is 28.5 Å². The summed E-state index contributed by atoms with van der Waals surface area (Å²) in [7, 11) is 0. The average Bonchev–Trinajstić information content (AvgIpc) is 3.14. The minimum Gasteiger partial charge on any atom is -0.328 e. The Morgan fingerprint density at radius 3 is 2.83 bits per heavy atom. The lowest BCUT2D eigenvalue weighted by atomic mass is 9.85. The molecule has 7 heteroatoms. The molecule has 30 heavy (non-hydrogen) atoms. The van der Waals surface area contributed by atoms with Gasteiger partial charge in [-0.1, -0.05) is 65.3 Å². The molecule has 0 radical (unpaired) electrons. The number of aromatic nitrogens is 3. The monoisotopic (exact) mass is 436 g/mol. The predicted molar refractivity (Wildman–Crippen MR) is 120 cm³/mol. The Hall–Kier alpha value is -2.57. The molecule has 0 saturated heterocycles. The lowest BCUT2D eigenvalue weighted by molar-refractivity contribution is -0.116. The molecule has 5 nitrogen and oxygen atoms in total. The van der Waals surface area contributed by atoms with Crippen LogP contribution in [0.25, 0.3) is 0 Å². The second kappa shape index (κ2) is 7.93. The Bertz CT molecular complexity index is 1150. The van der Waals surface area contributed by atoms with E-state index in [-0.39, 0.29) is 11.8 Å². The molecule has 1 aliphatic heterocycles. The summed E-state index contributed by atoms with van der Waals surface area (Å²) in [6.45, 7) is 2.09. The smallest absolute Gasteiger partial charge is 0.227 e. The third kappa shape index (κ3) is 3.66. The highest BCUT2D eigenvalue weighted by molar-refractivity contribution is 7.98. The lowest BCUT2D eigenvalue weighted by Crippen LogP contribution is -2.31. The van der Waals surface area contributed by atoms with Gasteiger partial charge in [-0.25, -0.2) is 4.68 Å². The molecule has 2 heterocycles. The van der Waals surface area contributed by atoms with Crippen LogP contribution in [0.5, 0.6) is 0 Å². The number of hydrogen-bond donors (Lipinski definition) is 1. The van der Waals surface area contributed by atoms with Crippen molar-refractivity contribution in [2.45, 2.75) is 43.1 Å². The molecule has 2 aromatic carbocycles. The molecule has 0 spiro atoms. The van der Waals surface area contributed by atoms with Gasteiger partial charge < -0.3 is 5.32 Å². The maximum Gasteiger partial charge on any atom is 0.227 e. The van der Waals surface area contributed by atoms with Crippen LogP contribution in [0.15, 0.2) is 65.0 Å². The molecule has 0 amide bonds. The van der Waals surface area contributed by atoms with Crippen LogP contribution in [-0.4, -0.2) is 20.5 Å². The summed E-state index contributed by atoms with van der Waals surface area (Å²) in [5.41, 5.74) is 5.25. The second-order valence-corrected chi connectivity index (χ2v) is 9.07. The van der Waals surface area contributed by atoms with Crippen molar-refractivity contribution in [1.29, 1.82) is 0 Å². The first-order valence-corrected chi connectivity index (χ1v) is 11.4. The zero-order chi connectivity index (χ0) is 20.7. The van der Waals surface area contributed by atoms with E-state index in [1.165, 1.54) is 11.1 Å². The maximum atomic E-state index is 12.8. The number of anilines is 1. The summed E-state index contributed by atoms with van der Waals surface area (Å²) in [6, 6.07) is 15.8. The third-order valence-electron chi connectivity index (χ3n) is 5.48. The Kier molecular flexibility index (Phi) is 5.13. The van der Waals surface area contributed by atoms with E-state index in [1.54, 1.807) is 11.8 Å². The molecule has 1 aliphatic carbocycles. The summed E-state index contributed by atoms with van der Waals surface area (Å²) in [5.74, 6) is 1.66. The number of carbonyl (C=O) groups is 1. The molecular formula is C23H21ClN4OS. The minimum absolute atomic E-state index is 0.179. The van der Waals surface area contributed by atoms with Crippen LogP contribution in [-0.2, 0) is 10.5 Å². The van der Waals surface area contributed by atoms with Gasteiger partial charge in [0.05, 0.1) is 0 Å². The van der Waals surface area contributed by atoms with Crippen molar-refractivity contribution in [1.82, 2.24) is 14.8 Å². The predicted octanol–water partition coefficient (Wildman–Crippen LogP) is 5.55. The molecule has 2 aliphatic rings. The number of hydrogen-bond acceptors (Lipinski definition) is 5. The van der Waals surface area contributed by atoms with E-state index >= 15 is 0 Å². The Labute approximate surface area is 184 Å². The second-order valence-electron chi connectivity index (χ2n) is 7.69. The first-order valence-electron chi connectivity index (χ1n) is 10.0. The van der Waals surface area contributed by atoms with Crippen molar-refractivity contribution in [3.05, 3.63) is 81.5 Å². The van der Waals surface area contributed by atoms with Gasteiger partial charge in [-0.3, -0.25) is 4.79 Å². The normalized spacial score (nSPS) is 18.1. The number of aryl methyl sites for hydroxylation is 1. The molecule has 0 bridgehead atoms. The maximum absolute atomic E-state index is 12.8. The van der Waals surface area contributed by atoms with Crippen LogP contribution in [0.4, 0.5) is 5.95 Å². The van der Waals surface area contributed by atoms with Crippen LogP contribution in [0.2, 0.25) is 5.02 Å². The number of carbonyl (C=O) groups excluding carboxylic acids is 1. The van der Waals surface area contributed by atoms with Crippen LogP contribution in [0.3, 0.4) is 0 Å². The van der Waals surface area contributed by atoms with E-state index in [0.717, 1.165) is 35.4 Å². The topological polar surface area (TPSA) is 59.8 Å². The van der Waals surface area contributed by atoms with Gasteiger partial charge >= 0.3 is 0 Å². The van der Waals surface area contributed by atoms with Crippen molar-refractivity contribution < 1.29 is 4.79 Å². The van der Waals surface area contributed by atoms with Gasteiger partial charge in [0.15, 0.2) is 5.78 Å². The van der Waals surface area contributed by atoms with Crippen LogP contribution < -0.4 is 5.32 Å². The number of benzene rings is 2. The van der Waals surface area contributed by atoms with Gasteiger partial charge in [-0.2, -0.15) is 4.98 Å². The zero-order valence-corrected chi connectivity index (χ0v) is 18.1. The first-order chi connectivity index (χ1) is 14.6. The number of nitrogens with zero attached hydrogens (tertiary/aromatic N) is 3. The molecule has 0 fully saturated rings. The van der Waals surface area contributed by atoms with Gasteiger partial charge in [0.2, 0.25) is 11.1 Å². The van der Waals surface area contributed by atoms with E-state index < -0.39 is 0 Å². The van der Waals surface area contributed by atoms with Gasteiger partial charge in [0.25, 0.3) is 0 Å². The van der Waals surface area contributed by atoms with E-state index in [9.17, 15) is 4.79 Å². The first kappa shape index (κ1) is 19.4. The van der Waals surface area contributed by atoms with Crippen LogP contribution in [0, 0.1) is 6.92 Å². The number of nitrogens with one attached hydrogen (secondary N) is 1.